The van der Waals surface area contributed by atoms with E-state index in [1.54, 1.807) is 6.20 Å². The van der Waals surface area contributed by atoms with Gasteiger partial charge in [0, 0.05) is 25.2 Å². The van der Waals surface area contributed by atoms with Gasteiger partial charge >= 0.3 is 0 Å². The van der Waals surface area contributed by atoms with Crippen LogP contribution in [0.4, 0.5) is 10.1 Å². The van der Waals surface area contributed by atoms with Crippen LogP contribution in [0, 0.1) is 11.7 Å². The van der Waals surface area contributed by atoms with Gasteiger partial charge in [-0.1, -0.05) is 11.6 Å². The van der Waals surface area contributed by atoms with Gasteiger partial charge in [-0.25, -0.2) is 9.37 Å². The van der Waals surface area contributed by atoms with Gasteiger partial charge in [0.15, 0.2) is 11.0 Å². The van der Waals surface area contributed by atoms with E-state index in [0.29, 0.717) is 6.04 Å². The Balaban J connectivity index is 1.78. The van der Waals surface area contributed by atoms with Gasteiger partial charge in [0.1, 0.15) is 0 Å². The Morgan fingerprint density at radius 2 is 2.35 bits per heavy atom. The molecule has 5 heteroatoms. The Labute approximate surface area is 105 Å². The third kappa shape index (κ3) is 2.11. The molecule has 2 fully saturated rings. The quantitative estimate of drug-likeness (QED) is 0.779. The molecule has 0 radical (unpaired) electrons. The van der Waals surface area contributed by atoms with Crippen molar-refractivity contribution in [1.82, 2.24) is 10.3 Å². The Morgan fingerprint density at radius 1 is 1.47 bits per heavy atom. The number of anilines is 1. The molecule has 1 aromatic rings. The number of fused-ring (bicyclic) bond motifs is 1. The second-order valence-electron chi connectivity index (χ2n) is 4.81. The van der Waals surface area contributed by atoms with Gasteiger partial charge < -0.3 is 10.2 Å². The highest BCUT2D eigenvalue weighted by Crippen LogP contribution is 2.29. The summed E-state index contributed by atoms with van der Waals surface area (Å²) in [6.45, 7) is 3.02. The summed E-state index contributed by atoms with van der Waals surface area (Å²) < 4.78 is 13.4. The van der Waals surface area contributed by atoms with Crippen LogP contribution in [0.15, 0.2) is 12.3 Å². The van der Waals surface area contributed by atoms with Gasteiger partial charge in [0.05, 0.1) is 11.9 Å². The molecule has 0 amide bonds. The summed E-state index contributed by atoms with van der Waals surface area (Å²) in [4.78, 5) is 6.05. The summed E-state index contributed by atoms with van der Waals surface area (Å²) in [5.74, 6) is 0.349. The van der Waals surface area contributed by atoms with E-state index in [1.807, 2.05) is 0 Å². The van der Waals surface area contributed by atoms with Gasteiger partial charge in [-0.2, -0.15) is 0 Å². The lowest BCUT2D eigenvalue weighted by molar-refractivity contribution is 0.373. The molecule has 2 aliphatic rings. The zero-order valence-electron chi connectivity index (χ0n) is 9.50. The summed E-state index contributed by atoms with van der Waals surface area (Å²) in [7, 11) is 0. The van der Waals surface area contributed by atoms with Crippen LogP contribution >= 0.6 is 11.6 Å². The van der Waals surface area contributed by atoms with Gasteiger partial charge in [0.25, 0.3) is 0 Å². The van der Waals surface area contributed by atoms with E-state index in [4.69, 9.17) is 11.6 Å². The number of aromatic nitrogens is 1. The van der Waals surface area contributed by atoms with Crippen LogP contribution in [0.25, 0.3) is 0 Å². The standard InChI is InChI=1S/C12H15ClFN3/c13-12-10(14)5-9(6-16-12)17-4-2-8-1-3-15-11(8)7-17/h5-6,8,11,15H,1-4,7H2/t8-,11+/m0/s1. The maximum atomic E-state index is 13.4. The van der Waals surface area contributed by atoms with Crippen molar-refractivity contribution >= 4 is 17.3 Å². The maximum Gasteiger partial charge on any atom is 0.164 e. The predicted octanol–water partition coefficient (Wildman–Crippen LogP) is 2.06. The van der Waals surface area contributed by atoms with Crippen molar-refractivity contribution in [1.29, 1.82) is 0 Å². The van der Waals surface area contributed by atoms with E-state index in [1.165, 1.54) is 18.9 Å². The second kappa shape index (κ2) is 4.42. The molecular weight excluding hydrogens is 241 g/mol. The van der Waals surface area contributed by atoms with Crippen LogP contribution in [0.3, 0.4) is 0 Å². The predicted molar refractivity (Wildman–Crippen MR) is 65.9 cm³/mol. The molecule has 0 unspecified atom stereocenters. The van der Waals surface area contributed by atoms with Crippen molar-refractivity contribution in [3.8, 4) is 0 Å². The molecule has 1 aromatic heterocycles. The second-order valence-corrected chi connectivity index (χ2v) is 5.17. The average molecular weight is 256 g/mol. The van der Waals surface area contributed by atoms with E-state index in [2.05, 4.69) is 15.2 Å². The highest BCUT2D eigenvalue weighted by molar-refractivity contribution is 6.29. The number of piperidine rings is 1. The number of hydrogen-bond donors (Lipinski definition) is 1. The lowest BCUT2D eigenvalue weighted by Crippen LogP contribution is -2.46. The number of rotatable bonds is 1. The fraction of sp³-hybridized carbons (Fsp3) is 0.583. The van der Waals surface area contributed by atoms with Crippen molar-refractivity contribution < 1.29 is 4.39 Å². The van der Waals surface area contributed by atoms with Crippen molar-refractivity contribution in [2.24, 2.45) is 5.92 Å². The molecular formula is C12H15ClFN3. The van der Waals surface area contributed by atoms with Gasteiger partial charge in [-0.05, 0) is 25.3 Å². The van der Waals surface area contributed by atoms with Crippen LogP contribution < -0.4 is 10.2 Å². The molecule has 0 saturated carbocycles. The van der Waals surface area contributed by atoms with Crippen LogP contribution in [0.5, 0.6) is 0 Å². The third-order valence-corrected chi connectivity index (χ3v) is 4.10. The third-order valence-electron chi connectivity index (χ3n) is 3.82. The monoisotopic (exact) mass is 255 g/mol. The summed E-state index contributed by atoms with van der Waals surface area (Å²) in [5.41, 5.74) is 0.832. The Hall–Kier alpha value is -0.870. The van der Waals surface area contributed by atoms with Crippen molar-refractivity contribution in [3.63, 3.8) is 0 Å². The highest BCUT2D eigenvalue weighted by atomic mass is 35.5. The first kappa shape index (κ1) is 11.2. The highest BCUT2D eigenvalue weighted by Gasteiger charge is 2.32. The molecule has 3 rings (SSSR count). The van der Waals surface area contributed by atoms with Crippen LogP contribution in [0.2, 0.25) is 5.15 Å². The summed E-state index contributed by atoms with van der Waals surface area (Å²) in [5, 5.41) is 3.45. The fourth-order valence-electron chi connectivity index (χ4n) is 2.85. The van der Waals surface area contributed by atoms with Crippen LogP contribution in [0.1, 0.15) is 12.8 Å². The first-order chi connectivity index (χ1) is 8.24. The van der Waals surface area contributed by atoms with E-state index < -0.39 is 5.82 Å². The number of hydrogen-bond acceptors (Lipinski definition) is 3. The van der Waals surface area contributed by atoms with Crippen LogP contribution in [-0.4, -0.2) is 30.7 Å². The van der Waals surface area contributed by atoms with Crippen molar-refractivity contribution in [3.05, 3.63) is 23.2 Å². The molecule has 17 heavy (non-hydrogen) atoms. The zero-order valence-corrected chi connectivity index (χ0v) is 10.3. The molecule has 92 valence electrons. The first-order valence-electron chi connectivity index (χ1n) is 6.03. The molecule has 0 aromatic carbocycles. The number of nitrogens with zero attached hydrogens (tertiary/aromatic N) is 2. The Bertz CT molecular complexity index is 426. The molecule has 2 saturated heterocycles. The van der Waals surface area contributed by atoms with Crippen LogP contribution in [-0.2, 0) is 0 Å². The molecule has 0 bridgehead atoms. The number of halogens is 2. The largest absolute Gasteiger partial charge is 0.369 e. The molecule has 2 aliphatic heterocycles. The summed E-state index contributed by atoms with van der Waals surface area (Å²) in [6.07, 6.45) is 4.09. The minimum atomic E-state index is -0.439. The topological polar surface area (TPSA) is 28.2 Å². The van der Waals surface area contributed by atoms with Gasteiger partial charge in [-0.3, -0.25) is 0 Å². The Morgan fingerprint density at radius 3 is 3.18 bits per heavy atom. The molecule has 0 aliphatic carbocycles. The SMILES string of the molecule is Fc1cc(N2CC[C@@H]3CCN[C@@H]3C2)cnc1Cl. The lowest BCUT2D eigenvalue weighted by atomic mass is 9.92. The number of pyridine rings is 1. The van der Waals surface area contributed by atoms with E-state index in [0.717, 1.165) is 31.2 Å². The minimum absolute atomic E-state index is 0.0531. The summed E-state index contributed by atoms with van der Waals surface area (Å²) in [6, 6.07) is 2.02. The minimum Gasteiger partial charge on any atom is -0.369 e. The van der Waals surface area contributed by atoms with E-state index in [-0.39, 0.29) is 5.15 Å². The molecule has 3 nitrogen and oxygen atoms in total. The average Bonchev–Trinajstić information content (AvgIpc) is 2.79. The number of nitrogens with one attached hydrogen (secondary N) is 1. The lowest BCUT2D eigenvalue weighted by Gasteiger charge is -2.36. The summed E-state index contributed by atoms with van der Waals surface area (Å²) >= 11 is 5.59. The van der Waals surface area contributed by atoms with Gasteiger partial charge in [0.2, 0.25) is 0 Å². The molecule has 3 heterocycles. The zero-order chi connectivity index (χ0) is 11.8. The van der Waals surface area contributed by atoms with Crippen molar-refractivity contribution in [2.75, 3.05) is 24.5 Å². The molecule has 1 N–H and O–H groups in total. The molecule has 0 spiro atoms. The smallest absolute Gasteiger partial charge is 0.164 e. The molecule has 2 atom stereocenters. The van der Waals surface area contributed by atoms with Crippen molar-refractivity contribution in [2.45, 2.75) is 18.9 Å². The fourth-order valence-corrected chi connectivity index (χ4v) is 2.95. The van der Waals surface area contributed by atoms with E-state index in [9.17, 15) is 4.39 Å². The first-order valence-corrected chi connectivity index (χ1v) is 6.41. The maximum absolute atomic E-state index is 13.4. The normalized spacial score (nSPS) is 28.2. The van der Waals surface area contributed by atoms with E-state index >= 15 is 0 Å². The van der Waals surface area contributed by atoms with Gasteiger partial charge in [-0.15, -0.1) is 0 Å². The Kier molecular flexibility index (Phi) is 2.92.